The summed E-state index contributed by atoms with van der Waals surface area (Å²) in [5.41, 5.74) is 2.07. The number of carbonyl (C=O) groups is 3. The van der Waals surface area contributed by atoms with E-state index in [1.165, 1.54) is 11.3 Å². The number of urea groups is 1. The quantitative estimate of drug-likeness (QED) is 0.751. The van der Waals surface area contributed by atoms with Gasteiger partial charge < -0.3 is 10.6 Å². The van der Waals surface area contributed by atoms with Crippen molar-refractivity contribution in [1.29, 1.82) is 0 Å². The number of hydrogen-bond donors (Lipinski definition) is 2. The fraction of sp³-hybridized carbons (Fsp3) is 0.429. The zero-order valence-electron chi connectivity index (χ0n) is 16.5. The van der Waals surface area contributed by atoms with Gasteiger partial charge in [-0.1, -0.05) is 36.8 Å². The minimum absolute atomic E-state index is 0.288. The van der Waals surface area contributed by atoms with Gasteiger partial charge in [-0.2, -0.15) is 0 Å². The highest BCUT2D eigenvalue weighted by atomic mass is 32.1. The summed E-state index contributed by atoms with van der Waals surface area (Å²) in [6.07, 6.45) is 3.05. The first-order valence-electron chi connectivity index (χ1n) is 9.83. The van der Waals surface area contributed by atoms with E-state index in [9.17, 15) is 14.4 Å². The van der Waals surface area contributed by atoms with Crippen molar-refractivity contribution in [3.05, 3.63) is 35.2 Å². The Morgan fingerprint density at radius 2 is 1.97 bits per heavy atom. The second kappa shape index (κ2) is 7.59. The summed E-state index contributed by atoms with van der Waals surface area (Å²) in [4.78, 5) is 43.1. The van der Waals surface area contributed by atoms with Crippen molar-refractivity contribution in [3.63, 3.8) is 0 Å². The number of nitrogens with one attached hydrogen (secondary N) is 2. The number of thiazole rings is 1. The lowest BCUT2D eigenvalue weighted by atomic mass is 9.77. The van der Waals surface area contributed by atoms with E-state index in [2.05, 4.69) is 22.5 Å². The standard InChI is InChI=1S/C21H24N4O3S/c1-13-3-5-15(6-4-13)16-12-29-19(22-16)23-17(26)11-25-18(27)21(24-20(25)28)9-7-14(2)8-10-21/h3-6,12,14H,7-11H2,1-2H3,(H,24,28)(H,22,23,26). The minimum atomic E-state index is -0.830. The first kappa shape index (κ1) is 19.6. The average Bonchev–Trinajstić information content (AvgIpc) is 3.24. The molecule has 1 saturated heterocycles. The molecule has 1 spiro atoms. The Balaban J connectivity index is 1.39. The normalized spacial score (nSPS) is 24.1. The number of anilines is 1. The highest BCUT2D eigenvalue weighted by Gasteiger charge is 2.52. The van der Waals surface area contributed by atoms with Crippen LogP contribution in [0.4, 0.5) is 9.93 Å². The third-order valence-electron chi connectivity index (χ3n) is 5.77. The van der Waals surface area contributed by atoms with Crippen LogP contribution in [-0.4, -0.2) is 39.8 Å². The molecule has 1 aliphatic heterocycles. The van der Waals surface area contributed by atoms with E-state index >= 15 is 0 Å². The number of benzene rings is 1. The predicted octanol–water partition coefficient (Wildman–Crippen LogP) is 3.56. The van der Waals surface area contributed by atoms with Crippen LogP contribution in [0.3, 0.4) is 0 Å². The topological polar surface area (TPSA) is 91.4 Å². The van der Waals surface area contributed by atoms with Crippen LogP contribution in [0.15, 0.2) is 29.6 Å². The van der Waals surface area contributed by atoms with Gasteiger partial charge in [0.25, 0.3) is 5.91 Å². The molecular weight excluding hydrogens is 388 g/mol. The smallest absolute Gasteiger partial charge is 0.323 e. The van der Waals surface area contributed by atoms with Crippen LogP contribution in [0.2, 0.25) is 0 Å². The van der Waals surface area contributed by atoms with E-state index in [-0.39, 0.29) is 12.5 Å². The van der Waals surface area contributed by atoms with Gasteiger partial charge in [-0.3, -0.25) is 14.5 Å². The summed E-state index contributed by atoms with van der Waals surface area (Å²) in [5, 5.41) is 7.85. The molecule has 0 unspecified atom stereocenters. The van der Waals surface area contributed by atoms with Gasteiger partial charge in [0.1, 0.15) is 12.1 Å². The highest BCUT2D eigenvalue weighted by molar-refractivity contribution is 7.14. The number of hydrogen-bond acceptors (Lipinski definition) is 5. The number of aryl methyl sites for hydroxylation is 1. The Labute approximate surface area is 173 Å². The molecule has 0 bridgehead atoms. The maximum absolute atomic E-state index is 12.9. The molecule has 7 nitrogen and oxygen atoms in total. The molecule has 1 saturated carbocycles. The van der Waals surface area contributed by atoms with Gasteiger partial charge in [-0.05, 0) is 38.5 Å². The fourth-order valence-corrected chi connectivity index (χ4v) is 4.64. The molecule has 4 rings (SSSR count). The molecular formula is C21H24N4O3S. The molecule has 2 aliphatic rings. The van der Waals surface area contributed by atoms with E-state index in [4.69, 9.17) is 0 Å². The molecule has 1 aromatic carbocycles. The van der Waals surface area contributed by atoms with Crippen LogP contribution in [-0.2, 0) is 9.59 Å². The van der Waals surface area contributed by atoms with Gasteiger partial charge in [-0.15, -0.1) is 11.3 Å². The van der Waals surface area contributed by atoms with Crippen molar-refractivity contribution in [2.75, 3.05) is 11.9 Å². The van der Waals surface area contributed by atoms with Crippen molar-refractivity contribution >= 4 is 34.3 Å². The second-order valence-corrected chi connectivity index (χ2v) is 8.90. The van der Waals surface area contributed by atoms with Crippen molar-refractivity contribution in [2.24, 2.45) is 5.92 Å². The molecule has 2 fully saturated rings. The Morgan fingerprint density at radius 3 is 2.66 bits per heavy atom. The molecule has 152 valence electrons. The maximum Gasteiger partial charge on any atom is 0.325 e. The van der Waals surface area contributed by atoms with Crippen LogP contribution in [0.5, 0.6) is 0 Å². The summed E-state index contributed by atoms with van der Waals surface area (Å²) in [6.45, 7) is 3.87. The SMILES string of the molecule is Cc1ccc(-c2csc(NC(=O)CN3C(=O)NC4(CCC(C)CC4)C3=O)n2)cc1. The zero-order chi connectivity index (χ0) is 20.6. The summed E-state index contributed by atoms with van der Waals surface area (Å²) < 4.78 is 0. The van der Waals surface area contributed by atoms with Gasteiger partial charge in [0.15, 0.2) is 5.13 Å². The Hall–Kier alpha value is -2.74. The first-order chi connectivity index (χ1) is 13.9. The van der Waals surface area contributed by atoms with Crippen LogP contribution in [0.25, 0.3) is 11.3 Å². The monoisotopic (exact) mass is 412 g/mol. The van der Waals surface area contributed by atoms with E-state index in [0.717, 1.165) is 34.6 Å². The molecule has 0 radical (unpaired) electrons. The highest BCUT2D eigenvalue weighted by Crippen LogP contribution is 2.36. The summed E-state index contributed by atoms with van der Waals surface area (Å²) in [6, 6.07) is 7.49. The number of amides is 4. The van der Waals surface area contributed by atoms with Crippen molar-refractivity contribution in [2.45, 2.75) is 45.1 Å². The van der Waals surface area contributed by atoms with Crippen LogP contribution >= 0.6 is 11.3 Å². The van der Waals surface area contributed by atoms with E-state index in [0.29, 0.717) is 23.9 Å². The van der Waals surface area contributed by atoms with Gasteiger partial charge in [0.2, 0.25) is 5.91 Å². The predicted molar refractivity (Wildman–Crippen MR) is 112 cm³/mol. The van der Waals surface area contributed by atoms with Crippen LogP contribution in [0, 0.1) is 12.8 Å². The van der Waals surface area contributed by atoms with Gasteiger partial charge >= 0.3 is 6.03 Å². The number of carbonyl (C=O) groups excluding carboxylic acids is 3. The molecule has 1 aromatic heterocycles. The molecule has 2 heterocycles. The minimum Gasteiger partial charge on any atom is -0.323 e. The summed E-state index contributed by atoms with van der Waals surface area (Å²) in [5.74, 6) is -0.168. The number of rotatable bonds is 4. The molecule has 4 amide bonds. The Bertz CT molecular complexity index is 945. The number of nitrogens with zero attached hydrogens (tertiary/aromatic N) is 2. The van der Waals surface area contributed by atoms with Gasteiger partial charge in [0, 0.05) is 10.9 Å². The zero-order valence-corrected chi connectivity index (χ0v) is 17.3. The summed E-state index contributed by atoms with van der Waals surface area (Å²) >= 11 is 1.31. The first-order valence-corrected chi connectivity index (χ1v) is 10.7. The van der Waals surface area contributed by atoms with E-state index in [1.54, 1.807) is 0 Å². The Kier molecular flexibility index (Phi) is 5.12. The average molecular weight is 413 g/mol. The van der Waals surface area contributed by atoms with Crippen molar-refractivity contribution < 1.29 is 14.4 Å². The molecule has 2 N–H and O–H groups in total. The third kappa shape index (κ3) is 3.89. The molecule has 29 heavy (non-hydrogen) atoms. The van der Waals surface area contributed by atoms with Crippen LogP contribution in [0.1, 0.15) is 38.2 Å². The summed E-state index contributed by atoms with van der Waals surface area (Å²) in [7, 11) is 0. The number of imide groups is 1. The van der Waals surface area contributed by atoms with Gasteiger partial charge in [0.05, 0.1) is 5.69 Å². The van der Waals surface area contributed by atoms with Crippen LogP contribution < -0.4 is 10.6 Å². The lowest BCUT2D eigenvalue weighted by Crippen LogP contribution is -2.49. The number of aromatic nitrogens is 1. The van der Waals surface area contributed by atoms with Crippen molar-refractivity contribution in [1.82, 2.24) is 15.2 Å². The van der Waals surface area contributed by atoms with E-state index in [1.807, 2.05) is 36.6 Å². The lowest BCUT2D eigenvalue weighted by molar-refractivity contribution is -0.135. The lowest BCUT2D eigenvalue weighted by Gasteiger charge is -2.33. The molecule has 2 aromatic rings. The molecule has 1 aliphatic carbocycles. The van der Waals surface area contributed by atoms with Crippen molar-refractivity contribution in [3.8, 4) is 11.3 Å². The third-order valence-corrected chi connectivity index (χ3v) is 6.53. The fourth-order valence-electron chi connectivity index (χ4n) is 3.90. The molecule has 8 heteroatoms. The van der Waals surface area contributed by atoms with E-state index < -0.39 is 17.5 Å². The largest absolute Gasteiger partial charge is 0.325 e. The van der Waals surface area contributed by atoms with Gasteiger partial charge in [-0.25, -0.2) is 9.78 Å². The molecule has 0 atom stereocenters. The second-order valence-electron chi connectivity index (χ2n) is 8.04. The maximum atomic E-state index is 12.9. The Morgan fingerprint density at radius 1 is 1.28 bits per heavy atom.